The lowest BCUT2D eigenvalue weighted by atomic mass is 10.4. The summed E-state index contributed by atoms with van der Waals surface area (Å²) >= 11 is 1.70. The third-order valence-electron chi connectivity index (χ3n) is 1.16. The molecule has 1 heterocycles. The van der Waals surface area contributed by atoms with Crippen molar-refractivity contribution in [1.82, 2.24) is 0 Å². The van der Waals surface area contributed by atoms with E-state index in [1.54, 1.807) is 17.4 Å². The van der Waals surface area contributed by atoms with E-state index < -0.39 is 0 Å². The smallest absolute Gasteiger partial charge is 0.0615 e. The van der Waals surface area contributed by atoms with Gasteiger partial charge in [0.15, 0.2) is 0 Å². The van der Waals surface area contributed by atoms with Gasteiger partial charge >= 0.3 is 0 Å². The van der Waals surface area contributed by atoms with Gasteiger partial charge in [-0.05, 0) is 17.5 Å². The zero-order valence-corrected chi connectivity index (χ0v) is 6.92. The molecular weight excluding hydrogens is 156 g/mol. The summed E-state index contributed by atoms with van der Waals surface area (Å²) in [6.45, 7) is 0.106. The molecule has 11 heavy (non-hydrogen) atoms. The first kappa shape index (κ1) is 8.24. The second-order valence-electron chi connectivity index (χ2n) is 1.99. The van der Waals surface area contributed by atoms with Crippen LogP contribution in [0.3, 0.4) is 0 Å². The molecule has 0 aromatic carbocycles. The van der Waals surface area contributed by atoms with E-state index in [-0.39, 0.29) is 6.61 Å². The maximum atomic E-state index is 8.41. The Labute approximate surface area is 70.3 Å². The fourth-order valence-corrected chi connectivity index (χ4v) is 1.30. The largest absolute Gasteiger partial charge is 0.392 e. The van der Waals surface area contributed by atoms with Crippen LogP contribution in [0, 0.1) is 0 Å². The number of aliphatic hydroxyl groups is 1. The summed E-state index contributed by atoms with van der Waals surface area (Å²) in [5.74, 6) is 0. The van der Waals surface area contributed by atoms with Gasteiger partial charge < -0.3 is 5.11 Å². The van der Waals surface area contributed by atoms with Crippen LogP contribution < -0.4 is 0 Å². The van der Waals surface area contributed by atoms with Crippen molar-refractivity contribution in [1.29, 1.82) is 0 Å². The van der Waals surface area contributed by atoms with Crippen LogP contribution in [0.25, 0.3) is 6.08 Å². The maximum Gasteiger partial charge on any atom is 0.0615 e. The Morgan fingerprint density at radius 3 is 3.00 bits per heavy atom. The zero-order valence-electron chi connectivity index (χ0n) is 6.10. The van der Waals surface area contributed by atoms with E-state index in [4.69, 9.17) is 5.11 Å². The highest BCUT2D eigenvalue weighted by Gasteiger charge is 1.81. The predicted molar refractivity (Wildman–Crippen MR) is 49.6 cm³/mol. The van der Waals surface area contributed by atoms with Crippen molar-refractivity contribution < 1.29 is 5.11 Å². The SMILES string of the molecule is OCC=CC=Cc1cccs1. The van der Waals surface area contributed by atoms with E-state index in [9.17, 15) is 0 Å². The summed E-state index contributed by atoms with van der Waals surface area (Å²) in [6.07, 6.45) is 7.46. The summed E-state index contributed by atoms with van der Waals surface area (Å²) < 4.78 is 0. The lowest BCUT2D eigenvalue weighted by Crippen LogP contribution is -1.67. The van der Waals surface area contributed by atoms with Crippen LogP contribution in [0.15, 0.2) is 35.7 Å². The molecule has 1 aromatic rings. The molecular formula is C9H10OS. The average Bonchev–Trinajstić information content (AvgIpc) is 2.50. The molecule has 1 aromatic heterocycles. The molecule has 58 valence electrons. The monoisotopic (exact) mass is 166 g/mol. The van der Waals surface area contributed by atoms with Crippen LogP contribution in [0.4, 0.5) is 0 Å². The summed E-state index contributed by atoms with van der Waals surface area (Å²) in [4.78, 5) is 1.23. The Morgan fingerprint density at radius 2 is 2.36 bits per heavy atom. The number of rotatable bonds is 3. The number of allylic oxidation sites excluding steroid dienone is 2. The Balaban J connectivity index is 2.43. The molecule has 1 N–H and O–H groups in total. The third-order valence-corrected chi connectivity index (χ3v) is 1.99. The Hall–Kier alpha value is -0.860. The van der Waals surface area contributed by atoms with Gasteiger partial charge in [0.1, 0.15) is 0 Å². The molecule has 0 spiro atoms. The molecule has 2 heteroatoms. The average molecular weight is 166 g/mol. The molecule has 0 saturated heterocycles. The van der Waals surface area contributed by atoms with Crippen LogP contribution in [0.5, 0.6) is 0 Å². The second kappa shape index (κ2) is 4.88. The fraction of sp³-hybridized carbons (Fsp3) is 0.111. The molecule has 0 aliphatic carbocycles. The minimum Gasteiger partial charge on any atom is -0.392 e. The van der Waals surface area contributed by atoms with Gasteiger partial charge in [-0.25, -0.2) is 0 Å². The van der Waals surface area contributed by atoms with Gasteiger partial charge in [0, 0.05) is 4.88 Å². The second-order valence-corrected chi connectivity index (χ2v) is 2.96. The third kappa shape index (κ3) is 3.16. The Kier molecular flexibility index (Phi) is 3.65. The summed E-state index contributed by atoms with van der Waals surface area (Å²) in [7, 11) is 0. The van der Waals surface area contributed by atoms with E-state index in [0.717, 1.165) is 0 Å². The highest BCUT2D eigenvalue weighted by Crippen LogP contribution is 2.09. The van der Waals surface area contributed by atoms with Gasteiger partial charge in [0.2, 0.25) is 0 Å². The van der Waals surface area contributed by atoms with Gasteiger partial charge in [0.05, 0.1) is 6.61 Å². The molecule has 0 atom stereocenters. The van der Waals surface area contributed by atoms with Crippen molar-refractivity contribution in [2.45, 2.75) is 0 Å². The van der Waals surface area contributed by atoms with Crippen LogP contribution in [0.2, 0.25) is 0 Å². The molecule has 0 fully saturated rings. The van der Waals surface area contributed by atoms with E-state index in [1.165, 1.54) is 4.88 Å². The van der Waals surface area contributed by atoms with Crippen LogP contribution in [0.1, 0.15) is 4.88 Å². The zero-order chi connectivity index (χ0) is 7.94. The van der Waals surface area contributed by atoms with Crippen LogP contribution in [-0.2, 0) is 0 Å². The van der Waals surface area contributed by atoms with Crippen molar-refractivity contribution in [3.63, 3.8) is 0 Å². The van der Waals surface area contributed by atoms with E-state index in [1.807, 2.05) is 35.7 Å². The van der Waals surface area contributed by atoms with Gasteiger partial charge in [-0.15, -0.1) is 11.3 Å². The minimum atomic E-state index is 0.106. The molecule has 0 aliphatic heterocycles. The van der Waals surface area contributed by atoms with Gasteiger partial charge in [-0.1, -0.05) is 24.3 Å². The van der Waals surface area contributed by atoms with Crippen molar-refractivity contribution >= 4 is 17.4 Å². The highest BCUT2D eigenvalue weighted by molar-refractivity contribution is 7.10. The number of hydrogen-bond acceptors (Lipinski definition) is 2. The van der Waals surface area contributed by atoms with Crippen molar-refractivity contribution in [2.24, 2.45) is 0 Å². The number of aliphatic hydroxyl groups excluding tert-OH is 1. The number of thiophene rings is 1. The lowest BCUT2D eigenvalue weighted by Gasteiger charge is -1.78. The first-order valence-electron chi connectivity index (χ1n) is 3.41. The molecule has 0 unspecified atom stereocenters. The fourth-order valence-electron chi connectivity index (χ4n) is 0.676. The maximum absolute atomic E-state index is 8.41. The minimum absolute atomic E-state index is 0.106. The topological polar surface area (TPSA) is 20.2 Å². The van der Waals surface area contributed by atoms with E-state index in [2.05, 4.69) is 0 Å². The highest BCUT2D eigenvalue weighted by atomic mass is 32.1. The quantitative estimate of drug-likeness (QED) is 0.683. The normalized spacial score (nSPS) is 11.7. The Bertz CT molecular complexity index is 234. The molecule has 0 saturated carbocycles. The summed E-state index contributed by atoms with van der Waals surface area (Å²) in [5, 5.41) is 10.4. The standard InChI is InChI=1S/C9H10OS/c10-7-3-1-2-5-9-6-4-8-11-9/h1-6,8,10H,7H2. The van der Waals surface area contributed by atoms with Crippen LogP contribution in [-0.4, -0.2) is 11.7 Å². The van der Waals surface area contributed by atoms with Crippen molar-refractivity contribution in [3.05, 3.63) is 40.6 Å². The molecule has 0 amide bonds. The number of hydrogen-bond donors (Lipinski definition) is 1. The van der Waals surface area contributed by atoms with Gasteiger partial charge in [-0.3, -0.25) is 0 Å². The summed E-state index contributed by atoms with van der Waals surface area (Å²) in [5.41, 5.74) is 0. The van der Waals surface area contributed by atoms with Gasteiger partial charge in [0.25, 0.3) is 0 Å². The first-order valence-corrected chi connectivity index (χ1v) is 4.29. The molecule has 1 nitrogen and oxygen atoms in total. The first-order chi connectivity index (χ1) is 5.43. The Morgan fingerprint density at radius 1 is 1.45 bits per heavy atom. The van der Waals surface area contributed by atoms with Crippen LogP contribution >= 0.6 is 11.3 Å². The summed E-state index contributed by atoms with van der Waals surface area (Å²) in [6, 6.07) is 4.06. The molecule has 0 aliphatic rings. The van der Waals surface area contributed by atoms with Gasteiger partial charge in [-0.2, -0.15) is 0 Å². The van der Waals surface area contributed by atoms with E-state index in [0.29, 0.717) is 0 Å². The van der Waals surface area contributed by atoms with E-state index >= 15 is 0 Å². The van der Waals surface area contributed by atoms with Crippen molar-refractivity contribution in [2.75, 3.05) is 6.61 Å². The lowest BCUT2D eigenvalue weighted by molar-refractivity contribution is 0.343. The molecule has 1 rings (SSSR count). The molecule has 0 radical (unpaired) electrons. The van der Waals surface area contributed by atoms with Crippen molar-refractivity contribution in [3.8, 4) is 0 Å². The molecule has 0 bridgehead atoms. The predicted octanol–water partition coefficient (Wildman–Crippen LogP) is 2.31.